The van der Waals surface area contributed by atoms with Crippen molar-refractivity contribution in [2.45, 2.75) is 20.4 Å². The van der Waals surface area contributed by atoms with Crippen LogP contribution in [0.25, 0.3) is 0 Å². The second-order valence-corrected chi connectivity index (χ2v) is 3.22. The third-order valence-corrected chi connectivity index (χ3v) is 1.48. The Bertz CT molecular complexity index is 208. The highest BCUT2D eigenvalue weighted by molar-refractivity contribution is 4.93. The van der Waals surface area contributed by atoms with Gasteiger partial charge >= 0.3 is 0 Å². The van der Waals surface area contributed by atoms with Crippen molar-refractivity contribution >= 4 is 0 Å². The molecule has 1 aromatic rings. The number of hydrogen-bond donors (Lipinski definition) is 1. The van der Waals surface area contributed by atoms with Crippen molar-refractivity contribution in [3.8, 4) is 0 Å². The fraction of sp³-hybridized carbons (Fsp3) is 0.556. The summed E-state index contributed by atoms with van der Waals surface area (Å²) in [7, 11) is 0. The third-order valence-electron chi connectivity index (χ3n) is 1.48. The maximum atomic E-state index is 4.15. The van der Waals surface area contributed by atoms with Gasteiger partial charge in [-0.25, -0.2) is 0 Å². The number of hydrogen-bond acceptors (Lipinski definition) is 3. The molecule has 0 aliphatic heterocycles. The average Bonchev–Trinajstić information content (AvgIpc) is 2.05. The molecule has 0 radical (unpaired) electrons. The first-order chi connectivity index (χ1) is 5.79. The molecule has 1 aromatic heterocycles. The molecule has 0 amide bonds. The lowest BCUT2D eigenvalue weighted by Gasteiger charge is -2.05. The van der Waals surface area contributed by atoms with Crippen molar-refractivity contribution in [3.05, 3.63) is 24.3 Å². The molecule has 1 rings (SSSR count). The van der Waals surface area contributed by atoms with Crippen LogP contribution in [-0.4, -0.2) is 16.5 Å². The molecule has 0 aliphatic carbocycles. The van der Waals surface area contributed by atoms with E-state index in [1.807, 2.05) is 0 Å². The fourth-order valence-electron chi connectivity index (χ4n) is 0.910. The lowest BCUT2D eigenvalue weighted by Crippen LogP contribution is -2.19. The Morgan fingerprint density at radius 2 is 2.25 bits per heavy atom. The van der Waals surface area contributed by atoms with Crippen LogP contribution in [0.5, 0.6) is 0 Å². The van der Waals surface area contributed by atoms with Crippen LogP contribution in [0.1, 0.15) is 19.5 Å². The highest BCUT2D eigenvalue weighted by Crippen LogP contribution is 1.91. The number of nitrogens with zero attached hydrogens (tertiary/aromatic N) is 2. The van der Waals surface area contributed by atoms with Crippen molar-refractivity contribution < 1.29 is 0 Å². The van der Waals surface area contributed by atoms with Crippen molar-refractivity contribution in [2.24, 2.45) is 5.92 Å². The van der Waals surface area contributed by atoms with Crippen LogP contribution in [0, 0.1) is 5.92 Å². The smallest absolute Gasteiger partial charge is 0.0724 e. The maximum Gasteiger partial charge on any atom is 0.0724 e. The van der Waals surface area contributed by atoms with Crippen LogP contribution in [0.15, 0.2) is 18.6 Å². The zero-order chi connectivity index (χ0) is 8.81. The summed E-state index contributed by atoms with van der Waals surface area (Å²) in [6.07, 6.45) is 5.19. The molecule has 1 heterocycles. The minimum Gasteiger partial charge on any atom is -0.311 e. The second kappa shape index (κ2) is 4.83. The van der Waals surface area contributed by atoms with E-state index in [-0.39, 0.29) is 0 Å². The second-order valence-electron chi connectivity index (χ2n) is 3.22. The average molecular weight is 165 g/mol. The first-order valence-corrected chi connectivity index (χ1v) is 4.24. The summed E-state index contributed by atoms with van der Waals surface area (Å²) < 4.78 is 0. The van der Waals surface area contributed by atoms with Gasteiger partial charge in [-0.3, -0.25) is 9.97 Å². The Morgan fingerprint density at radius 1 is 1.42 bits per heavy atom. The molecule has 0 atom stereocenters. The summed E-state index contributed by atoms with van der Waals surface area (Å²) in [5.74, 6) is 0.682. The summed E-state index contributed by atoms with van der Waals surface area (Å²) in [6.45, 7) is 6.20. The molecular formula is C9H15N3. The van der Waals surface area contributed by atoms with Crippen LogP contribution in [0.2, 0.25) is 0 Å². The Morgan fingerprint density at radius 3 is 2.83 bits per heavy atom. The molecule has 3 heteroatoms. The van der Waals surface area contributed by atoms with Crippen LogP contribution < -0.4 is 5.32 Å². The summed E-state index contributed by atoms with van der Waals surface area (Å²) in [4.78, 5) is 8.13. The minimum atomic E-state index is 0.682. The van der Waals surface area contributed by atoms with E-state index in [4.69, 9.17) is 0 Å². The molecule has 0 spiro atoms. The van der Waals surface area contributed by atoms with E-state index in [2.05, 4.69) is 29.1 Å². The first kappa shape index (κ1) is 9.13. The molecule has 3 nitrogen and oxygen atoms in total. The molecule has 12 heavy (non-hydrogen) atoms. The van der Waals surface area contributed by atoms with Gasteiger partial charge in [-0.2, -0.15) is 0 Å². The molecule has 66 valence electrons. The van der Waals surface area contributed by atoms with Gasteiger partial charge in [0.2, 0.25) is 0 Å². The zero-order valence-corrected chi connectivity index (χ0v) is 7.62. The zero-order valence-electron chi connectivity index (χ0n) is 7.62. The quantitative estimate of drug-likeness (QED) is 0.729. The highest BCUT2D eigenvalue weighted by atomic mass is 14.9. The van der Waals surface area contributed by atoms with Crippen molar-refractivity contribution in [2.75, 3.05) is 6.54 Å². The van der Waals surface area contributed by atoms with Crippen LogP contribution in [0.4, 0.5) is 0 Å². The number of rotatable bonds is 4. The third kappa shape index (κ3) is 3.44. The van der Waals surface area contributed by atoms with E-state index >= 15 is 0 Å². The lowest BCUT2D eigenvalue weighted by atomic mass is 10.2. The SMILES string of the molecule is CC(C)CNCc1cnccn1. The van der Waals surface area contributed by atoms with Crippen molar-refractivity contribution in [1.82, 2.24) is 15.3 Å². The van der Waals surface area contributed by atoms with Gasteiger partial charge in [0.05, 0.1) is 5.69 Å². The summed E-state index contributed by atoms with van der Waals surface area (Å²) in [5, 5.41) is 3.30. The standard InChI is InChI=1S/C9H15N3/c1-8(2)5-11-7-9-6-10-3-4-12-9/h3-4,6,8,11H,5,7H2,1-2H3. The molecule has 1 N–H and O–H groups in total. The molecular weight excluding hydrogens is 150 g/mol. The largest absolute Gasteiger partial charge is 0.311 e. The van der Waals surface area contributed by atoms with Gasteiger partial charge in [0.25, 0.3) is 0 Å². The molecule has 0 fully saturated rings. The minimum absolute atomic E-state index is 0.682. The van der Waals surface area contributed by atoms with Gasteiger partial charge in [-0.15, -0.1) is 0 Å². The maximum absolute atomic E-state index is 4.15. The molecule has 0 bridgehead atoms. The fourth-order valence-corrected chi connectivity index (χ4v) is 0.910. The normalized spacial score (nSPS) is 10.6. The van der Waals surface area contributed by atoms with Crippen molar-refractivity contribution in [1.29, 1.82) is 0 Å². The predicted octanol–water partition coefficient (Wildman–Crippen LogP) is 1.22. The molecule has 0 aromatic carbocycles. The monoisotopic (exact) mass is 165 g/mol. The molecule has 0 aliphatic rings. The predicted molar refractivity (Wildman–Crippen MR) is 48.6 cm³/mol. The van der Waals surface area contributed by atoms with Gasteiger partial charge in [-0.05, 0) is 12.5 Å². The topological polar surface area (TPSA) is 37.8 Å². The number of aromatic nitrogens is 2. The van der Waals surface area contributed by atoms with Gasteiger partial charge in [0.15, 0.2) is 0 Å². The van der Waals surface area contributed by atoms with Gasteiger partial charge < -0.3 is 5.32 Å². The molecule has 0 unspecified atom stereocenters. The van der Waals surface area contributed by atoms with E-state index in [9.17, 15) is 0 Å². The van der Waals surface area contributed by atoms with Gasteiger partial charge in [-0.1, -0.05) is 13.8 Å². The Kier molecular flexibility index (Phi) is 3.67. The van der Waals surface area contributed by atoms with E-state index in [0.29, 0.717) is 5.92 Å². The molecule has 0 saturated heterocycles. The summed E-state index contributed by atoms with van der Waals surface area (Å²) in [6, 6.07) is 0. The van der Waals surface area contributed by atoms with Crippen molar-refractivity contribution in [3.63, 3.8) is 0 Å². The first-order valence-electron chi connectivity index (χ1n) is 4.24. The van der Waals surface area contributed by atoms with E-state index < -0.39 is 0 Å². The van der Waals surface area contributed by atoms with E-state index in [1.54, 1.807) is 18.6 Å². The summed E-state index contributed by atoms with van der Waals surface area (Å²) in [5.41, 5.74) is 0.998. The van der Waals surface area contributed by atoms with Gasteiger partial charge in [0, 0.05) is 25.1 Å². The molecule has 0 saturated carbocycles. The van der Waals surface area contributed by atoms with Crippen LogP contribution >= 0.6 is 0 Å². The Balaban J connectivity index is 2.25. The van der Waals surface area contributed by atoms with E-state index in [1.165, 1.54) is 0 Å². The van der Waals surface area contributed by atoms with Gasteiger partial charge in [0.1, 0.15) is 0 Å². The number of nitrogens with one attached hydrogen (secondary N) is 1. The van der Waals surface area contributed by atoms with Crippen LogP contribution in [0.3, 0.4) is 0 Å². The van der Waals surface area contributed by atoms with Crippen LogP contribution in [-0.2, 0) is 6.54 Å². The van der Waals surface area contributed by atoms with E-state index in [0.717, 1.165) is 18.8 Å². The summed E-state index contributed by atoms with van der Waals surface area (Å²) >= 11 is 0. The lowest BCUT2D eigenvalue weighted by molar-refractivity contribution is 0.547. The Hall–Kier alpha value is -0.960. The Labute approximate surface area is 73.2 Å². The highest BCUT2D eigenvalue weighted by Gasteiger charge is 1.94.